The van der Waals surface area contributed by atoms with Crippen molar-refractivity contribution >= 4 is 70.7 Å². The zero-order chi connectivity index (χ0) is 57.0. The molecule has 16 nitrogen and oxygen atoms in total. The third-order valence-corrected chi connectivity index (χ3v) is 10.6. The van der Waals surface area contributed by atoms with Gasteiger partial charge in [-0.1, -0.05) is 31.7 Å². The minimum absolute atomic E-state index is 0.199. The van der Waals surface area contributed by atoms with Crippen molar-refractivity contribution in [3.05, 3.63) is 24.3 Å². The summed E-state index contributed by atoms with van der Waals surface area (Å²) < 4.78 is 26.5. The van der Waals surface area contributed by atoms with Crippen molar-refractivity contribution in [2.24, 2.45) is 23.7 Å². The number of rotatable bonds is 29. The lowest BCUT2D eigenvalue weighted by molar-refractivity contribution is -0.109. The molecule has 2 radical (unpaired) electrons. The van der Waals surface area contributed by atoms with Gasteiger partial charge in [-0.05, 0) is 183 Å². The van der Waals surface area contributed by atoms with Gasteiger partial charge in [-0.3, -0.25) is 8.98 Å². The smallest absolute Gasteiger partial charge is 0.264 e. The van der Waals surface area contributed by atoms with Crippen LogP contribution in [0.25, 0.3) is 0 Å². The third-order valence-electron chi connectivity index (χ3n) is 7.74. The van der Waals surface area contributed by atoms with E-state index >= 15 is 0 Å². The zero-order valence-corrected chi connectivity index (χ0v) is 53.3. The van der Waals surface area contributed by atoms with Gasteiger partial charge in [0.25, 0.3) is 10.1 Å². The number of carbonyl (C=O) groups excluding carboxylic acids is 1. The molecule has 0 fully saturated rings. The second-order valence-corrected chi connectivity index (χ2v) is 22.8. The summed E-state index contributed by atoms with van der Waals surface area (Å²) in [6, 6.07) is 0. The lowest BCUT2D eigenvalue weighted by atomic mass is 10.1. The molecule has 0 rings (SSSR count). The zero-order valence-electron chi connectivity index (χ0n) is 49.3. The Morgan fingerprint density at radius 3 is 1.11 bits per heavy atom. The number of likely N-dealkylation sites (N-methyl/N-ethyl adjacent to an activating group) is 2. The van der Waals surface area contributed by atoms with Crippen LogP contribution in [0.15, 0.2) is 24.3 Å². The van der Waals surface area contributed by atoms with Gasteiger partial charge in [0.05, 0.1) is 20.7 Å². The third kappa shape index (κ3) is 93.9. The van der Waals surface area contributed by atoms with E-state index in [0.29, 0.717) is 29.5 Å². The van der Waals surface area contributed by atoms with Gasteiger partial charge in [-0.15, -0.1) is 23.2 Å². The van der Waals surface area contributed by atoms with E-state index in [1.54, 1.807) is 6.92 Å². The van der Waals surface area contributed by atoms with Crippen LogP contribution in [-0.2, 0) is 19.1 Å². The van der Waals surface area contributed by atoms with E-state index in [1.165, 1.54) is 24.2 Å². The summed E-state index contributed by atoms with van der Waals surface area (Å²) in [4.78, 5) is 27.7. The van der Waals surface area contributed by atoms with Gasteiger partial charge < -0.3 is 60.3 Å². The minimum atomic E-state index is -3.33. The van der Waals surface area contributed by atoms with Gasteiger partial charge in [0.15, 0.2) is 5.12 Å². The summed E-state index contributed by atoms with van der Waals surface area (Å²) in [5.41, 5.74) is 2.13. The number of carbonyl (C=O) groups is 1. The van der Waals surface area contributed by atoms with Crippen molar-refractivity contribution in [2.75, 3.05) is 249 Å². The number of aliphatic hydroxyl groups excluding tert-OH is 1. The molecule has 0 unspecified atom stereocenters. The number of thiol groups is 1. The first-order valence-electron chi connectivity index (χ1n) is 23.6. The molecule has 0 aromatic heterocycles. The van der Waals surface area contributed by atoms with Crippen LogP contribution in [0.4, 0.5) is 0 Å². The van der Waals surface area contributed by atoms with Gasteiger partial charge in [0.1, 0.15) is 0 Å². The van der Waals surface area contributed by atoms with E-state index in [0.717, 1.165) is 88.8 Å². The Morgan fingerprint density at radius 1 is 0.614 bits per heavy atom. The second-order valence-electron chi connectivity index (χ2n) is 19.1. The summed E-state index contributed by atoms with van der Waals surface area (Å²) in [6.07, 6.45) is 1.08. The lowest BCUT2D eigenvalue weighted by Gasteiger charge is -2.23. The second kappa shape index (κ2) is 61.5. The Balaban J connectivity index is -0.000000110. The van der Waals surface area contributed by atoms with E-state index in [4.69, 9.17) is 32.5 Å². The minimum Gasteiger partial charge on any atom is -0.396 e. The van der Waals surface area contributed by atoms with E-state index in [2.05, 4.69) is 135 Å². The number of thioether (sulfide) groups is 1. The van der Waals surface area contributed by atoms with Crippen molar-refractivity contribution in [3.63, 3.8) is 0 Å². The van der Waals surface area contributed by atoms with Crippen molar-refractivity contribution in [3.8, 4) is 0 Å². The fourth-order valence-corrected chi connectivity index (χ4v) is 7.48. The summed E-state index contributed by atoms with van der Waals surface area (Å²) in [5.74, 6) is 4.61. The Kier molecular flexibility index (Phi) is 76.1. The molecule has 0 amide bonds. The Bertz CT molecular complexity index is 1170. The molecule has 0 aliphatic heterocycles. The highest BCUT2D eigenvalue weighted by Crippen LogP contribution is 2.11. The lowest BCUT2D eigenvalue weighted by Crippen LogP contribution is -2.33. The molecule has 0 aliphatic rings. The highest BCUT2D eigenvalue weighted by atomic mass is 35.5. The van der Waals surface area contributed by atoms with Gasteiger partial charge in [0, 0.05) is 95.2 Å². The summed E-state index contributed by atoms with van der Waals surface area (Å²) in [7, 11) is 41.3. The number of hydrogen-bond acceptors (Lipinski definition) is 18. The van der Waals surface area contributed by atoms with Crippen LogP contribution >= 0.6 is 47.6 Å². The van der Waals surface area contributed by atoms with Gasteiger partial charge in [0.2, 0.25) is 0 Å². The van der Waals surface area contributed by atoms with Crippen LogP contribution in [0.2, 0.25) is 6.82 Å². The maximum Gasteiger partial charge on any atom is 0.264 e. The molecule has 0 heterocycles. The average Bonchev–Trinajstić information content (AvgIpc) is 3.21. The molecule has 0 aromatic rings. The fraction of sp³-hybridized carbons (Fsp3) is 0.896. The van der Waals surface area contributed by atoms with Crippen LogP contribution < -0.4 is 16.0 Å². The topological polar surface area (TPSA) is 143 Å². The predicted octanol–water partition coefficient (Wildman–Crippen LogP) is 3.12. The van der Waals surface area contributed by atoms with E-state index in [9.17, 15) is 13.2 Å². The average molecular weight is 1100 g/mol. The van der Waals surface area contributed by atoms with Gasteiger partial charge in [-0.25, -0.2) is 0 Å². The number of halogens is 2. The van der Waals surface area contributed by atoms with Gasteiger partial charge >= 0.3 is 0 Å². The summed E-state index contributed by atoms with van der Waals surface area (Å²) in [6.45, 7) is 20.8. The van der Waals surface area contributed by atoms with Crippen LogP contribution in [0, 0.1) is 23.7 Å². The van der Waals surface area contributed by atoms with Crippen molar-refractivity contribution in [1.82, 2.24) is 55.1 Å². The van der Waals surface area contributed by atoms with Gasteiger partial charge in [-0.2, -0.15) is 21.0 Å². The predicted molar refractivity (Wildman–Crippen MR) is 321 cm³/mol. The fourth-order valence-electron chi connectivity index (χ4n) is 5.81. The first kappa shape index (κ1) is 86.6. The molecule has 0 aliphatic carbocycles. The molecule has 0 aromatic carbocycles. The molecule has 4 N–H and O–H groups in total. The number of allylic oxidation sites excluding steroid dienone is 1. The highest BCUT2D eigenvalue weighted by molar-refractivity contribution is 8.13. The van der Waals surface area contributed by atoms with Crippen LogP contribution in [0.1, 0.15) is 6.92 Å². The molecule has 0 saturated heterocycles. The van der Waals surface area contributed by atoms with E-state index < -0.39 is 10.1 Å². The maximum atomic E-state index is 10.9. The maximum absolute atomic E-state index is 10.9. The molecule has 0 spiro atoms. The first-order valence-corrected chi connectivity index (χ1v) is 28.1. The quantitative estimate of drug-likeness (QED) is 0.0246. The summed E-state index contributed by atoms with van der Waals surface area (Å²) >= 11 is 16.2. The van der Waals surface area contributed by atoms with Crippen LogP contribution in [0.3, 0.4) is 0 Å². The van der Waals surface area contributed by atoms with Crippen molar-refractivity contribution in [2.45, 2.75) is 13.7 Å². The monoisotopic (exact) mass is 1100 g/mol. The Labute approximate surface area is 456 Å². The van der Waals surface area contributed by atoms with E-state index in [1.807, 2.05) is 94.4 Å². The molecular weight excluding hydrogens is 989 g/mol. The largest absolute Gasteiger partial charge is 0.396 e. The summed E-state index contributed by atoms with van der Waals surface area (Å²) in [5, 5.41) is 18.2. The molecular formula is C48H114BCl2N11O5S3. The SMILES string of the molecule is C=C(CCl)CCl.C=C(CN(C)C)CN(C)C.CC(=O)SCC(CN(C)C)CN(C)C.CN(C)CC(CO)CN(C)C.CN(C)CC(COS(C)(=O)=O)CN(C)C.CNC.CNCC(CS)CNC.[B]C. The molecule has 0 saturated carbocycles. The Morgan fingerprint density at radius 2 is 0.914 bits per heavy atom. The number of nitrogens with zero attached hydrogens (tertiary/aromatic N) is 8. The van der Waals surface area contributed by atoms with E-state index in [-0.39, 0.29) is 24.2 Å². The molecule has 426 valence electrons. The van der Waals surface area contributed by atoms with Crippen LogP contribution in [0.5, 0.6) is 0 Å². The standard InChI is InChI=1S/C10H22N2OS.C9H22N2O3S.C8H20N2O.C8H18N2.C6H16N2S.C4H6Cl2.C2H7N.CH3B/c1-9(13)14-8-10(6-11(2)3)7-12(4)5;1-10(2)6-9(7-11(3)4)8-14-15(5,12)13;1-9(2)5-8(7-11)6-10(3)4;1-8(6-9(2)3)7-10(4)5;1-7-3-6(5-9)4-8-2;1-4(2-5)3-6;1-3-2;1-2/h10H,6-8H2,1-5H3;9H,6-8H2,1-5H3;8,11H,5-7H2,1-4H3;1,6-7H2,2-5H3;6-9H,3-5H2,1-2H3;1-3H2;3H,1-2H3;1H3. The number of nitrogens with one attached hydrogen (secondary N) is 3. The van der Waals surface area contributed by atoms with Crippen LogP contribution in [-0.4, -0.2) is 315 Å². The molecule has 22 heteroatoms. The molecule has 0 atom stereocenters. The molecule has 70 heavy (non-hydrogen) atoms. The highest BCUT2D eigenvalue weighted by Gasteiger charge is 2.15. The first-order chi connectivity index (χ1) is 32.3. The van der Waals surface area contributed by atoms with Crippen molar-refractivity contribution in [1.29, 1.82) is 0 Å². The number of hydrogen-bond donors (Lipinski definition) is 5. The number of aliphatic hydroxyl groups is 1. The molecule has 0 bridgehead atoms. The normalized spacial score (nSPS) is 11.0. The Hall–Kier alpha value is -0.0751. The number of alkyl halides is 2. The van der Waals surface area contributed by atoms with Crippen molar-refractivity contribution < 1.29 is 22.5 Å².